The van der Waals surface area contributed by atoms with E-state index in [9.17, 15) is 9.59 Å². The minimum Gasteiger partial charge on any atom is -0.451 e. The summed E-state index contributed by atoms with van der Waals surface area (Å²) in [4.78, 5) is 24.2. The van der Waals surface area contributed by atoms with Crippen LogP contribution in [-0.2, 0) is 14.3 Å². The van der Waals surface area contributed by atoms with E-state index >= 15 is 0 Å². The van der Waals surface area contributed by atoms with Crippen molar-refractivity contribution >= 4 is 11.8 Å². The molecule has 1 heterocycles. The highest BCUT2D eigenvalue weighted by Gasteiger charge is 2.78. The van der Waals surface area contributed by atoms with E-state index < -0.39 is 0 Å². The van der Waals surface area contributed by atoms with Crippen LogP contribution >= 0.6 is 0 Å². The maximum atomic E-state index is 12.2. The molecular formula is C24H28O3. The number of carbonyl (C=O) groups is 2. The molecule has 8 atom stereocenters. The molecule has 0 aromatic rings. The highest BCUT2D eigenvalue weighted by atomic mass is 16.6. The molecular weight excluding hydrogens is 336 g/mol. The Morgan fingerprint density at radius 2 is 1.93 bits per heavy atom. The summed E-state index contributed by atoms with van der Waals surface area (Å²) in [7, 11) is 0. The molecule has 6 aliphatic carbocycles. The van der Waals surface area contributed by atoms with Gasteiger partial charge in [-0.3, -0.25) is 4.79 Å². The Labute approximate surface area is 160 Å². The molecule has 0 bridgehead atoms. The summed E-state index contributed by atoms with van der Waals surface area (Å²) in [6, 6.07) is 0. The predicted molar refractivity (Wildman–Crippen MR) is 99.5 cm³/mol. The average Bonchev–Trinajstić information content (AvgIpc) is 3.54. The molecule has 0 N–H and O–H groups in total. The predicted octanol–water partition coefficient (Wildman–Crippen LogP) is 4.23. The van der Waals surface area contributed by atoms with Crippen LogP contribution < -0.4 is 0 Å². The lowest BCUT2D eigenvalue weighted by Crippen LogP contribution is -2.55. The lowest BCUT2D eigenvalue weighted by atomic mass is 9.47. The van der Waals surface area contributed by atoms with Gasteiger partial charge >= 0.3 is 5.97 Å². The van der Waals surface area contributed by atoms with E-state index in [0.717, 1.165) is 30.6 Å². The number of ketones is 1. The Bertz CT molecular complexity index is 848. The summed E-state index contributed by atoms with van der Waals surface area (Å²) in [6.45, 7) is 2.44. The van der Waals surface area contributed by atoms with Crippen LogP contribution in [-0.4, -0.2) is 17.4 Å². The Morgan fingerprint density at radius 1 is 1.07 bits per heavy atom. The van der Waals surface area contributed by atoms with Crippen LogP contribution in [0.4, 0.5) is 0 Å². The fourth-order valence-corrected chi connectivity index (χ4v) is 9.08. The SMILES string of the molecule is C[C@]12CCC3C(CC4(CC4)C4=CC(=O)CC[C@@H]43)C1C1CC1[C@@]21C=CC(=O)O1. The van der Waals surface area contributed by atoms with Crippen LogP contribution in [0, 0.1) is 46.3 Å². The van der Waals surface area contributed by atoms with Gasteiger partial charge < -0.3 is 4.74 Å². The third-order valence-electron chi connectivity index (χ3n) is 10.3. The van der Waals surface area contributed by atoms with Gasteiger partial charge in [0, 0.05) is 23.8 Å². The van der Waals surface area contributed by atoms with Crippen LogP contribution in [0.15, 0.2) is 23.8 Å². The van der Waals surface area contributed by atoms with Gasteiger partial charge in [-0.2, -0.15) is 0 Å². The van der Waals surface area contributed by atoms with Crippen molar-refractivity contribution in [2.75, 3.05) is 0 Å². The van der Waals surface area contributed by atoms with Crippen LogP contribution in [0.3, 0.4) is 0 Å². The molecule has 142 valence electrons. The molecule has 2 spiro atoms. The maximum absolute atomic E-state index is 12.2. The smallest absolute Gasteiger partial charge is 0.331 e. The Kier molecular flexibility index (Phi) is 2.55. The van der Waals surface area contributed by atoms with E-state index in [1.165, 1.54) is 38.5 Å². The summed E-state index contributed by atoms with van der Waals surface area (Å²) in [5.41, 5.74) is 1.73. The van der Waals surface area contributed by atoms with Crippen molar-refractivity contribution in [2.45, 2.75) is 63.9 Å². The van der Waals surface area contributed by atoms with Crippen molar-refractivity contribution in [1.29, 1.82) is 0 Å². The second-order valence-electron chi connectivity index (χ2n) is 11.1. The van der Waals surface area contributed by atoms with Crippen LogP contribution in [0.2, 0.25) is 0 Å². The number of hydrogen-bond acceptors (Lipinski definition) is 3. The zero-order valence-electron chi connectivity index (χ0n) is 16.1. The quantitative estimate of drug-likeness (QED) is 0.604. The van der Waals surface area contributed by atoms with Crippen molar-refractivity contribution in [3.63, 3.8) is 0 Å². The van der Waals surface area contributed by atoms with Gasteiger partial charge in [-0.05, 0) is 92.1 Å². The number of rotatable bonds is 0. The summed E-state index contributed by atoms with van der Waals surface area (Å²) >= 11 is 0. The third kappa shape index (κ3) is 1.64. The topological polar surface area (TPSA) is 43.4 Å². The molecule has 5 fully saturated rings. The molecule has 1 aliphatic heterocycles. The largest absolute Gasteiger partial charge is 0.451 e. The molecule has 0 radical (unpaired) electrons. The summed E-state index contributed by atoms with van der Waals surface area (Å²) in [5.74, 6) is 4.45. The first-order valence-electron chi connectivity index (χ1n) is 11.1. The normalized spacial score (nSPS) is 55.5. The molecule has 3 heteroatoms. The lowest BCUT2D eigenvalue weighted by molar-refractivity contribution is -0.168. The van der Waals surface area contributed by atoms with Gasteiger partial charge in [-0.25, -0.2) is 4.79 Å². The van der Waals surface area contributed by atoms with Crippen LogP contribution in [0.25, 0.3) is 0 Å². The molecule has 0 aromatic heterocycles. The van der Waals surface area contributed by atoms with Gasteiger partial charge in [0.05, 0.1) is 0 Å². The van der Waals surface area contributed by atoms with Crippen molar-refractivity contribution in [3.8, 4) is 0 Å². The lowest BCUT2D eigenvalue weighted by Gasteiger charge is -2.58. The van der Waals surface area contributed by atoms with E-state index in [4.69, 9.17) is 4.74 Å². The number of fused-ring (bicyclic) bond motifs is 10. The third-order valence-corrected chi connectivity index (χ3v) is 10.3. The summed E-state index contributed by atoms with van der Waals surface area (Å²) in [5, 5.41) is 0. The molecule has 0 amide bonds. The Morgan fingerprint density at radius 3 is 2.67 bits per heavy atom. The Balaban J connectivity index is 1.32. The minimum atomic E-state index is -0.306. The fraction of sp³-hybridized carbons (Fsp3) is 0.750. The highest BCUT2D eigenvalue weighted by Crippen LogP contribution is 2.79. The van der Waals surface area contributed by atoms with E-state index in [2.05, 4.69) is 19.1 Å². The first kappa shape index (κ1) is 15.5. The minimum absolute atomic E-state index is 0.117. The van der Waals surface area contributed by atoms with Gasteiger partial charge in [0.25, 0.3) is 0 Å². The van der Waals surface area contributed by atoms with Crippen molar-refractivity contribution < 1.29 is 14.3 Å². The molecule has 0 aromatic carbocycles. The van der Waals surface area contributed by atoms with Gasteiger partial charge in [0.1, 0.15) is 5.60 Å². The first-order valence-corrected chi connectivity index (χ1v) is 11.1. The fourth-order valence-electron chi connectivity index (χ4n) is 9.08. The Hall–Kier alpha value is -1.38. The summed E-state index contributed by atoms with van der Waals surface area (Å²) in [6.07, 6.45) is 15.3. The number of carbonyl (C=O) groups excluding carboxylic acids is 2. The van der Waals surface area contributed by atoms with E-state index in [1.807, 2.05) is 0 Å². The van der Waals surface area contributed by atoms with Gasteiger partial charge in [0.2, 0.25) is 0 Å². The van der Waals surface area contributed by atoms with Gasteiger partial charge in [-0.1, -0.05) is 12.5 Å². The van der Waals surface area contributed by atoms with E-state index in [-0.39, 0.29) is 17.0 Å². The summed E-state index contributed by atoms with van der Waals surface area (Å²) < 4.78 is 6.10. The maximum Gasteiger partial charge on any atom is 0.331 e. The number of esters is 1. The number of hydrogen-bond donors (Lipinski definition) is 0. The number of ether oxygens (including phenoxy) is 1. The highest BCUT2D eigenvalue weighted by molar-refractivity contribution is 5.91. The van der Waals surface area contributed by atoms with Gasteiger partial charge in [-0.15, -0.1) is 0 Å². The second-order valence-corrected chi connectivity index (χ2v) is 11.1. The second kappa shape index (κ2) is 4.44. The van der Waals surface area contributed by atoms with Crippen molar-refractivity contribution in [3.05, 3.63) is 23.8 Å². The molecule has 27 heavy (non-hydrogen) atoms. The molecule has 5 unspecified atom stereocenters. The zero-order valence-corrected chi connectivity index (χ0v) is 16.1. The monoisotopic (exact) mass is 364 g/mol. The number of allylic oxidation sites excluding steroid dienone is 1. The zero-order chi connectivity index (χ0) is 18.2. The van der Waals surface area contributed by atoms with Gasteiger partial charge in [0.15, 0.2) is 5.78 Å². The molecule has 3 nitrogen and oxygen atoms in total. The average molecular weight is 364 g/mol. The standard InChI is InChI=1S/C24H28O3/c1-22-6-4-14-15-3-2-13(25)10-18(15)23(8-9-23)12-17(14)21(22)16-11-19(16)24(22)7-5-20(26)27-24/h5,7,10,14-17,19,21H,2-4,6,8-9,11-12H2,1H3/t14?,15-,16?,17?,19?,21?,22+,24+/m1/s1. The van der Waals surface area contributed by atoms with E-state index in [0.29, 0.717) is 29.0 Å². The van der Waals surface area contributed by atoms with E-state index in [1.54, 1.807) is 11.6 Å². The molecule has 7 rings (SSSR count). The van der Waals surface area contributed by atoms with Crippen molar-refractivity contribution in [2.24, 2.45) is 46.3 Å². The van der Waals surface area contributed by atoms with Crippen LogP contribution in [0.5, 0.6) is 0 Å². The van der Waals surface area contributed by atoms with Crippen molar-refractivity contribution in [1.82, 2.24) is 0 Å². The van der Waals surface area contributed by atoms with Crippen LogP contribution in [0.1, 0.15) is 58.3 Å². The molecule has 5 saturated carbocycles. The molecule has 0 saturated heterocycles. The first-order chi connectivity index (χ1) is 13.0. The molecule has 7 aliphatic rings.